The van der Waals surface area contributed by atoms with Crippen molar-refractivity contribution in [3.63, 3.8) is 0 Å². The van der Waals surface area contributed by atoms with Crippen LogP contribution in [0.25, 0.3) is 17.3 Å². The molecule has 0 saturated carbocycles. The highest BCUT2D eigenvalue weighted by atomic mass is 32.2. The Hall–Kier alpha value is -3.06. The zero-order chi connectivity index (χ0) is 19.3. The van der Waals surface area contributed by atoms with E-state index in [0.717, 1.165) is 28.3 Å². The molecule has 0 unspecified atom stereocenters. The van der Waals surface area contributed by atoms with Gasteiger partial charge in [0.05, 0.1) is 7.11 Å². The SMILES string of the molecule is CCSc1nnc2c(n1)O[C@H](/C=C/c1ccc(OC)cc1)Nc1ccccc1-2. The van der Waals surface area contributed by atoms with Crippen LogP contribution in [0, 0.1) is 0 Å². The maximum Gasteiger partial charge on any atom is 0.247 e. The molecule has 7 heteroatoms. The van der Waals surface area contributed by atoms with Crippen molar-refractivity contribution in [1.29, 1.82) is 0 Å². The molecule has 2 heterocycles. The van der Waals surface area contributed by atoms with Crippen LogP contribution in [0.2, 0.25) is 0 Å². The Morgan fingerprint density at radius 2 is 1.96 bits per heavy atom. The van der Waals surface area contributed by atoms with Gasteiger partial charge in [-0.05, 0) is 35.6 Å². The largest absolute Gasteiger partial charge is 0.497 e. The topological polar surface area (TPSA) is 69.2 Å². The number of nitrogens with one attached hydrogen (secondary N) is 1. The highest BCUT2D eigenvalue weighted by molar-refractivity contribution is 7.99. The van der Waals surface area contributed by atoms with Gasteiger partial charge in [-0.3, -0.25) is 0 Å². The van der Waals surface area contributed by atoms with Crippen LogP contribution in [0.4, 0.5) is 5.69 Å². The summed E-state index contributed by atoms with van der Waals surface area (Å²) in [7, 11) is 1.66. The van der Waals surface area contributed by atoms with Gasteiger partial charge in [-0.1, -0.05) is 55.1 Å². The Kier molecular flexibility index (Phi) is 5.43. The molecular weight excluding hydrogens is 372 g/mol. The van der Waals surface area contributed by atoms with Crippen molar-refractivity contribution in [2.75, 3.05) is 18.2 Å². The lowest BCUT2D eigenvalue weighted by molar-refractivity contribution is 0.266. The lowest BCUT2D eigenvalue weighted by Gasteiger charge is -2.15. The molecule has 0 amide bonds. The number of thioether (sulfide) groups is 1. The maximum atomic E-state index is 6.14. The first kappa shape index (κ1) is 18.3. The molecule has 0 aliphatic carbocycles. The van der Waals surface area contributed by atoms with Gasteiger partial charge in [0.2, 0.25) is 11.0 Å². The van der Waals surface area contributed by atoms with Crippen molar-refractivity contribution < 1.29 is 9.47 Å². The number of hydrogen-bond acceptors (Lipinski definition) is 7. The Morgan fingerprint density at radius 3 is 2.75 bits per heavy atom. The van der Waals surface area contributed by atoms with Crippen molar-refractivity contribution in [3.05, 3.63) is 60.2 Å². The number of para-hydroxylation sites is 1. The van der Waals surface area contributed by atoms with Gasteiger partial charge < -0.3 is 14.8 Å². The number of aromatic nitrogens is 3. The van der Waals surface area contributed by atoms with Crippen molar-refractivity contribution in [2.45, 2.75) is 18.3 Å². The van der Waals surface area contributed by atoms with Crippen molar-refractivity contribution in [3.8, 4) is 22.9 Å². The number of hydrogen-bond donors (Lipinski definition) is 1. The van der Waals surface area contributed by atoms with E-state index in [2.05, 4.69) is 27.4 Å². The first-order valence-corrected chi connectivity index (χ1v) is 9.97. The summed E-state index contributed by atoms with van der Waals surface area (Å²) in [5, 5.41) is 12.6. The van der Waals surface area contributed by atoms with Gasteiger partial charge in [0, 0.05) is 11.3 Å². The van der Waals surface area contributed by atoms with Crippen molar-refractivity contribution in [2.24, 2.45) is 0 Å². The second-order valence-corrected chi connectivity index (χ2v) is 7.27. The van der Waals surface area contributed by atoms with Crippen LogP contribution in [0.1, 0.15) is 12.5 Å². The van der Waals surface area contributed by atoms with Gasteiger partial charge in [0.1, 0.15) is 5.75 Å². The first-order valence-electron chi connectivity index (χ1n) is 8.99. The van der Waals surface area contributed by atoms with Gasteiger partial charge in [-0.15, -0.1) is 10.2 Å². The second kappa shape index (κ2) is 8.31. The van der Waals surface area contributed by atoms with Crippen LogP contribution in [0.5, 0.6) is 11.6 Å². The number of anilines is 1. The quantitative estimate of drug-likeness (QED) is 0.641. The molecule has 0 spiro atoms. The molecule has 0 radical (unpaired) electrons. The predicted molar refractivity (Wildman–Crippen MR) is 112 cm³/mol. The zero-order valence-corrected chi connectivity index (χ0v) is 16.4. The molecule has 1 aromatic heterocycles. The Labute approximate surface area is 168 Å². The summed E-state index contributed by atoms with van der Waals surface area (Å²) in [5.74, 6) is 2.18. The smallest absolute Gasteiger partial charge is 0.247 e. The molecule has 142 valence electrons. The average Bonchev–Trinajstić information content (AvgIpc) is 2.89. The third-order valence-corrected chi connectivity index (χ3v) is 4.93. The van der Waals surface area contributed by atoms with Gasteiger partial charge >= 0.3 is 0 Å². The van der Waals surface area contributed by atoms with Crippen molar-refractivity contribution >= 4 is 23.5 Å². The monoisotopic (exact) mass is 392 g/mol. The van der Waals surface area contributed by atoms with Gasteiger partial charge in [0.25, 0.3) is 0 Å². The summed E-state index contributed by atoms with van der Waals surface area (Å²) in [6.45, 7) is 2.05. The van der Waals surface area contributed by atoms with E-state index >= 15 is 0 Å². The van der Waals surface area contributed by atoms with Gasteiger partial charge in [-0.25, -0.2) is 0 Å². The van der Waals surface area contributed by atoms with Crippen LogP contribution >= 0.6 is 11.8 Å². The van der Waals surface area contributed by atoms with Crippen LogP contribution < -0.4 is 14.8 Å². The molecule has 1 aliphatic heterocycles. The lowest BCUT2D eigenvalue weighted by Crippen LogP contribution is -2.23. The summed E-state index contributed by atoms with van der Waals surface area (Å²) in [5.41, 5.74) is 3.54. The van der Waals surface area contributed by atoms with Crippen LogP contribution in [0.3, 0.4) is 0 Å². The van der Waals surface area contributed by atoms with Gasteiger partial charge in [-0.2, -0.15) is 4.98 Å². The zero-order valence-electron chi connectivity index (χ0n) is 15.6. The minimum atomic E-state index is -0.388. The molecule has 1 atom stereocenters. The fourth-order valence-corrected chi connectivity index (χ4v) is 3.36. The first-order chi connectivity index (χ1) is 13.8. The molecule has 2 aromatic carbocycles. The van der Waals surface area contributed by atoms with E-state index in [1.54, 1.807) is 7.11 Å². The number of benzene rings is 2. The molecule has 3 aromatic rings. The molecule has 0 fully saturated rings. The minimum Gasteiger partial charge on any atom is -0.497 e. The number of rotatable bonds is 5. The molecule has 28 heavy (non-hydrogen) atoms. The highest BCUT2D eigenvalue weighted by Crippen LogP contribution is 2.36. The van der Waals surface area contributed by atoms with E-state index in [9.17, 15) is 0 Å². The van der Waals surface area contributed by atoms with Crippen molar-refractivity contribution in [1.82, 2.24) is 15.2 Å². The molecule has 6 nitrogen and oxygen atoms in total. The van der Waals surface area contributed by atoms with E-state index < -0.39 is 0 Å². The summed E-state index contributed by atoms with van der Waals surface area (Å²) in [6, 6.07) is 15.8. The molecule has 0 saturated heterocycles. The van der Waals surface area contributed by atoms with E-state index in [4.69, 9.17) is 9.47 Å². The van der Waals surface area contributed by atoms with E-state index in [1.807, 2.05) is 60.7 Å². The summed E-state index contributed by atoms with van der Waals surface area (Å²) < 4.78 is 11.3. The van der Waals surface area contributed by atoms with Gasteiger partial charge in [0.15, 0.2) is 11.9 Å². The molecule has 0 bridgehead atoms. The number of methoxy groups -OCH3 is 1. The third-order valence-electron chi connectivity index (χ3n) is 4.21. The normalized spacial score (nSPS) is 15.1. The maximum absolute atomic E-state index is 6.14. The van der Waals surface area contributed by atoms with Crippen LogP contribution in [0.15, 0.2) is 59.8 Å². The lowest BCUT2D eigenvalue weighted by atomic mass is 10.1. The fourth-order valence-electron chi connectivity index (χ4n) is 2.86. The van der Waals surface area contributed by atoms with Crippen LogP contribution in [-0.4, -0.2) is 34.3 Å². The standard InChI is InChI=1S/C21H20N4O2S/c1-3-28-21-23-20-19(24-25-21)16-6-4-5-7-17(16)22-18(27-20)13-10-14-8-11-15(26-2)12-9-14/h4-13,18,22H,3H2,1-2H3/b13-10+/t18-/m1/s1. The molecule has 4 rings (SSSR count). The Bertz CT molecular complexity index is 992. The third kappa shape index (κ3) is 3.94. The molecule has 1 N–H and O–H groups in total. The minimum absolute atomic E-state index is 0.388. The molecule has 1 aliphatic rings. The van der Waals surface area contributed by atoms with E-state index in [-0.39, 0.29) is 6.23 Å². The average molecular weight is 392 g/mol. The predicted octanol–water partition coefficient (Wildman–Crippen LogP) is 4.50. The fraction of sp³-hybridized carbons (Fsp3) is 0.190. The Balaban J connectivity index is 1.66. The number of ether oxygens (including phenoxy) is 2. The Morgan fingerprint density at radius 1 is 1.14 bits per heavy atom. The summed E-state index contributed by atoms with van der Waals surface area (Å²) in [6.07, 6.45) is 3.57. The molecular formula is C21H20N4O2S. The number of nitrogens with zero attached hydrogens (tertiary/aromatic N) is 3. The summed E-state index contributed by atoms with van der Waals surface area (Å²) >= 11 is 1.54. The van der Waals surface area contributed by atoms with Crippen LogP contribution in [-0.2, 0) is 0 Å². The highest BCUT2D eigenvalue weighted by Gasteiger charge is 2.23. The van der Waals surface area contributed by atoms with E-state index in [1.165, 1.54) is 11.8 Å². The van der Waals surface area contributed by atoms with E-state index in [0.29, 0.717) is 16.7 Å². The second-order valence-electron chi connectivity index (χ2n) is 6.04. The summed E-state index contributed by atoms with van der Waals surface area (Å²) in [4.78, 5) is 4.57. The number of fused-ring (bicyclic) bond motifs is 3.